The van der Waals surface area contributed by atoms with E-state index >= 15 is 0 Å². The molecule has 0 spiro atoms. The maximum atomic E-state index is 12.1. The molecule has 4 fully saturated rings. The lowest BCUT2D eigenvalue weighted by Crippen LogP contribution is -2.65. The Balaban J connectivity index is 1.25. The maximum absolute atomic E-state index is 12.1. The van der Waals surface area contributed by atoms with Crippen LogP contribution in [0.1, 0.15) is 121 Å². The van der Waals surface area contributed by atoms with Crippen LogP contribution < -0.4 is 0 Å². The molecule has 5 aliphatic rings. The number of hydrogen-bond acceptors (Lipinski definition) is 4. The molecular formula is C40H55N3O2. The predicted octanol–water partition coefficient (Wildman–Crippen LogP) is 9.20. The number of carbonyl (C=O) groups excluding carboxylic acids is 1. The van der Waals surface area contributed by atoms with Gasteiger partial charge in [0.1, 0.15) is 12.2 Å². The second-order valence-corrected chi connectivity index (χ2v) is 17.2. The number of nitrogens with zero attached hydrogens (tertiary/aromatic N) is 3. The second-order valence-electron chi connectivity index (χ2n) is 17.2. The topological polar surface area (TPSA) is 57.0 Å². The third-order valence-corrected chi connectivity index (χ3v) is 15.4. The van der Waals surface area contributed by atoms with Crippen molar-refractivity contribution in [1.29, 1.82) is 0 Å². The zero-order chi connectivity index (χ0) is 32.2. The Morgan fingerprint density at radius 3 is 2.31 bits per heavy atom. The molecule has 0 radical (unpaired) electrons. The van der Waals surface area contributed by atoms with Crippen molar-refractivity contribution in [2.45, 2.75) is 105 Å². The minimum atomic E-state index is -0.273. The molecule has 0 amide bonds. The highest BCUT2D eigenvalue weighted by atomic mass is 16.5. The van der Waals surface area contributed by atoms with Gasteiger partial charge in [-0.25, -0.2) is 9.78 Å². The maximum Gasteiger partial charge on any atom is 0.337 e. The largest absolute Gasteiger partial charge is 0.465 e. The van der Waals surface area contributed by atoms with Crippen LogP contribution in [0.25, 0.3) is 5.57 Å². The molecule has 0 bridgehead atoms. The van der Waals surface area contributed by atoms with Gasteiger partial charge in [-0.15, -0.1) is 0 Å². The number of carbonyl (C=O) groups is 1. The van der Waals surface area contributed by atoms with E-state index in [0.717, 1.165) is 6.42 Å². The number of aromatic nitrogens is 3. The summed E-state index contributed by atoms with van der Waals surface area (Å²) in [5.41, 5.74) is 5.74. The summed E-state index contributed by atoms with van der Waals surface area (Å²) >= 11 is 0. The van der Waals surface area contributed by atoms with Crippen LogP contribution in [0.15, 0.2) is 48.8 Å². The minimum absolute atomic E-state index is 0.0578. The SMILES string of the molecule is C=C(C)[C@@H]1CC[C@]2(c3ncnn3C)CC[C@]3(C)[C@H](CC[C@@H]4[C@@]5(C)CC=C(c6ccc(C(=O)OC)cc6)C(C)(C)[C@@H]5CC[C@]43C)[C@@H]12. The van der Waals surface area contributed by atoms with E-state index in [9.17, 15) is 4.79 Å². The number of aryl methyl sites for hydroxylation is 1. The lowest BCUT2D eigenvalue weighted by molar-refractivity contribution is -0.219. The summed E-state index contributed by atoms with van der Waals surface area (Å²) in [6.07, 6.45) is 15.7. The summed E-state index contributed by atoms with van der Waals surface area (Å²) in [6, 6.07) is 8.12. The van der Waals surface area contributed by atoms with Crippen LogP contribution in [0.5, 0.6) is 0 Å². The molecular weight excluding hydrogens is 554 g/mol. The summed E-state index contributed by atoms with van der Waals surface area (Å²) in [5.74, 6) is 4.14. The van der Waals surface area contributed by atoms with Crippen molar-refractivity contribution < 1.29 is 9.53 Å². The van der Waals surface area contributed by atoms with Crippen molar-refractivity contribution >= 4 is 11.5 Å². The molecule has 5 aliphatic carbocycles. The molecule has 0 unspecified atom stereocenters. The van der Waals surface area contributed by atoms with Crippen LogP contribution in [0.2, 0.25) is 0 Å². The first-order chi connectivity index (χ1) is 21.2. The van der Waals surface area contributed by atoms with Crippen LogP contribution >= 0.6 is 0 Å². The molecule has 7 rings (SSSR count). The first kappa shape index (κ1) is 30.9. The molecule has 242 valence electrons. The zero-order valence-corrected chi connectivity index (χ0v) is 29.1. The van der Waals surface area contributed by atoms with E-state index in [0.29, 0.717) is 46.0 Å². The van der Waals surface area contributed by atoms with E-state index in [2.05, 4.69) is 83.2 Å². The highest BCUT2D eigenvalue weighted by molar-refractivity contribution is 5.89. The minimum Gasteiger partial charge on any atom is -0.465 e. The molecule has 0 saturated heterocycles. The number of benzene rings is 1. The number of hydrogen-bond donors (Lipinski definition) is 0. The lowest BCUT2D eigenvalue weighted by Gasteiger charge is -2.72. The van der Waals surface area contributed by atoms with E-state index in [1.54, 1.807) is 6.33 Å². The van der Waals surface area contributed by atoms with Gasteiger partial charge in [0.2, 0.25) is 0 Å². The number of allylic oxidation sites excluding steroid dienone is 3. The van der Waals surface area contributed by atoms with Crippen LogP contribution in [-0.2, 0) is 17.2 Å². The van der Waals surface area contributed by atoms with Crippen molar-refractivity contribution in [3.05, 3.63) is 65.8 Å². The summed E-state index contributed by atoms with van der Waals surface area (Å²) in [4.78, 5) is 17.1. The van der Waals surface area contributed by atoms with Crippen LogP contribution in [0, 0.1) is 51.2 Å². The number of esters is 1. The van der Waals surface area contributed by atoms with Gasteiger partial charge in [0.25, 0.3) is 0 Å². The van der Waals surface area contributed by atoms with Gasteiger partial charge < -0.3 is 4.74 Å². The molecule has 5 heteroatoms. The fourth-order valence-electron chi connectivity index (χ4n) is 13.3. The third-order valence-electron chi connectivity index (χ3n) is 15.4. The van der Waals surface area contributed by atoms with E-state index in [1.807, 2.05) is 12.1 Å². The summed E-state index contributed by atoms with van der Waals surface area (Å²) in [6.45, 7) is 20.0. The Morgan fingerprint density at radius 1 is 0.933 bits per heavy atom. The van der Waals surface area contributed by atoms with Crippen LogP contribution in [0.4, 0.5) is 0 Å². The van der Waals surface area contributed by atoms with Crippen molar-refractivity contribution in [2.75, 3.05) is 7.11 Å². The quantitative estimate of drug-likeness (QED) is 0.256. The fourth-order valence-corrected chi connectivity index (χ4v) is 13.3. The predicted molar refractivity (Wildman–Crippen MR) is 180 cm³/mol. The molecule has 0 aliphatic heterocycles. The van der Waals surface area contributed by atoms with Crippen LogP contribution in [-0.4, -0.2) is 27.8 Å². The standard InChI is InChI=1S/C40H55N3O2/c1-25(2)28-16-21-40(35-41-24-42-43(35)8)23-22-38(6)30(33(28)40)14-15-32-37(5)19-17-29(26-10-12-27(13-11-26)34(44)45-9)36(3,4)31(37)18-20-39(32,38)7/h10-13,17,24,28,30-33H,1,14-16,18-23H2,2-9H3/t28-,30+,31-,32+,33+,37-,38+,39+,40-/m0/s1. The Bertz CT molecular complexity index is 1550. The molecule has 1 heterocycles. The van der Waals surface area contributed by atoms with Gasteiger partial charge in [0, 0.05) is 12.5 Å². The Kier molecular flexibility index (Phi) is 6.98. The Morgan fingerprint density at radius 2 is 1.67 bits per heavy atom. The number of rotatable bonds is 4. The van der Waals surface area contributed by atoms with Crippen molar-refractivity contribution in [3.8, 4) is 0 Å². The zero-order valence-electron chi connectivity index (χ0n) is 29.1. The van der Waals surface area contributed by atoms with Crippen LogP contribution in [0.3, 0.4) is 0 Å². The third kappa shape index (κ3) is 4.00. The number of fused-ring (bicyclic) bond motifs is 7. The molecule has 9 atom stereocenters. The number of methoxy groups -OCH3 is 1. The van der Waals surface area contributed by atoms with Gasteiger partial charge in [-0.2, -0.15) is 5.10 Å². The van der Waals surface area contributed by atoms with Crippen molar-refractivity contribution in [1.82, 2.24) is 14.8 Å². The normalized spacial score (nSPS) is 41.6. The van der Waals surface area contributed by atoms with Gasteiger partial charge in [-0.05, 0) is 139 Å². The van der Waals surface area contributed by atoms with Gasteiger partial charge >= 0.3 is 5.97 Å². The Hall–Kier alpha value is -2.69. The molecule has 5 nitrogen and oxygen atoms in total. The van der Waals surface area contributed by atoms with E-state index in [1.165, 1.54) is 81.0 Å². The molecule has 1 aromatic carbocycles. The summed E-state index contributed by atoms with van der Waals surface area (Å²) in [7, 11) is 3.55. The van der Waals surface area contributed by atoms with Gasteiger partial charge in [0.05, 0.1) is 12.7 Å². The van der Waals surface area contributed by atoms with Gasteiger partial charge in [-0.1, -0.05) is 65.0 Å². The highest BCUT2D eigenvalue weighted by Crippen LogP contribution is 2.77. The second kappa shape index (κ2) is 10.2. The lowest BCUT2D eigenvalue weighted by atomic mass is 9.32. The first-order valence-corrected chi connectivity index (χ1v) is 17.6. The Labute approximate surface area is 271 Å². The molecule has 45 heavy (non-hydrogen) atoms. The molecule has 1 aromatic heterocycles. The highest BCUT2D eigenvalue weighted by Gasteiger charge is 2.71. The van der Waals surface area contributed by atoms with E-state index < -0.39 is 0 Å². The molecule has 0 N–H and O–H groups in total. The first-order valence-electron chi connectivity index (χ1n) is 17.6. The average molecular weight is 610 g/mol. The molecule has 2 aromatic rings. The van der Waals surface area contributed by atoms with Gasteiger partial charge in [0.15, 0.2) is 0 Å². The molecule has 4 saturated carbocycles. The van der Waals surface area contributed by atoms with Crippen molar-refractivity contribution in [3.63, 3.8) is 0 Å². The summed E-state index contributed by atoms with van der Waals surface area (Å²) < 4.78 is 7.05. The summed E-state index contributed by atoms with van der Waals surface area (Å²) in [5, 5.41) is 4.59. The average Bonchev–Trinajstić information content (AvgIpc) is 3.61. The van der Waals surface area contributed by atoms with Gasteiger partial charge in [-0.3, -0.25) is 4.68 Å². The monoisotopic (exact) mass is 609 g/mol. The fraction of sp³-hybridized carbons (Fsp3) is 0.675. The van der Waals surface area contributed by atoms with Crippen molar-refractivity contribution in [2.24, 2.45) is 58.3 Å². The number of ether oxygens (including phenoxy) is 1. The van der Waals surface area contributed by atoms with E-state index in [4.69, 9.17) is 9.72 Å². The smallest absolute Gasteiger partial charge is 0.337 e. The van der Waals surface area contributed by atoms with E-state index in [-0.39, 0.29) is 22.2 Å².